The Morgan fingerprint density at radius 3 is 2.82 bits per heavy atom. The maximum atomic E-state index is 11.6. The van der Waals surface area contributed by atoms with Crippen molar-refractivity contribution in [1.82, 2.24) is 14.8 Å². The van der Waals surface area contributed by atoms with Gasteiger partial charge in [0.2, 0.25) is 5.91 Å². The van der Waals surface area contributed by atoms with Gasteiger partial charge < -0.3 is 15.2 Å². The Hall–Kier alpha value is -2.97. The van der Waals surface area contributed by atoms with Crippen LogP contribution in [-0.2, 0) is 13.0 Å². The van der Waals surface area contributed by atoms with Crippen LogP contribution in [0.1, 0.15) is 60.0 Å². The van der Waals surface area contributed by atoms with E-state index < -0.39 is 10.8 Å². The molecule has 1 aromatic carbocycles. The first-order valence-electron chi connectivity index (χ1n) is 9.80. The summed E-state index contributed by atoms with van der Waals surface area (Å²) in [6, 6.07) is 4.45. The molecule has 3 heterocycles. The minimum Gasteiger partial charge on any atom is -0.366 e. The van der Waals surface area contributed by atoms with Crippen LogP contribution in [0.25, 0.3) is 0 Å². The van der Waals surface area contributed by atoms with E-state index in [1.54, 1.807) is 12.1 Å². The normalized spacial score (nSPS) is 19.7. The Morgan fingerprint density at radius 2 is 2.04 bits per heavy atom. The number of hydrogen-bond donors (Lipinski definition) is 1. The highest BCUT2D eigenvalue weighted by molar-refractivity contribution is 5.94. The number of hydrogen-bond acceptors (Lipinski definition) is 6. The average molecular weight is 384 g/mol. The molecule has 2 aromatic rings. The van der Waals surface area contributed by atoms with Gasteiger partial charge in [-0.3, -0.25) is 14.9 Å². The fourth-order valence-corrected chi connectivity index (χ4v) is 4.31. The summed E-state index contributed by atoms with van der Waals surface area (Å²) in [5, 5.41) is 20.5. The van der Waals surface area contributed by atoms with E-state index in [0.29, 0.717) is 12.2 Å². The van der Waals surface area contributed by atoms with Gasteiger partial charge in [0.25, 0.3) is 5.69 Å². The van der Waals surface area contributed by atoms with Gasteiger partial charge in [-0.25, -0.2) is 0 Å². The molecule has 1 saturated heterocycles. The van der Waals surface area contributed by atoms with Crippen molar-refractivity contribution < 1.29 is 9.72 Å². The molecule has 1 aromatic heterocycles. The Balaban J connectivity index is 1.62. The van der Waals surface area contributed by atoms with E-state index in [4.69, 9.17) is 5.73 Å². The highest BCUT2D eigenvalue weighted by Gasteiger charge is 2.30. The molecule has 1 atom stereocenters. The zero-order valence-corrected chi connectivity index (χ0v) is 15.7. The number of nitrogens with two attached hydrogens (primary N) is 1. The van der Waals surface area contributed by atoms with Crippen molar-refractivity contribution in [2.45, 2.75) is 51.0 Å². The first kappa shape index (κ1) is 18.4. The number of piperidine rings is 1. The molecule has 0 radical (unpaired) electrons. The summed E-state index contributed by atoms with van der Waals surface area (Å²) >= 11 is 0. The molecule has 9 heteroatoms. The highest BCUT2D eigenvalue weighted by Crippen LogP contribution is 2.35. The van der Waals surface area contributed by atoms with Crippen LogP contribution < -0.4 is 10.6 Å². The number of nitro groups is 1. The lowest BCUT2D eigenvalue weighted by atomic mass is 9.96. The number of fused-ring (bicyclic) bond motifs is 1. The van der Waals surface area contributed by atoms with E-state index in [1.807, 2.05) is 4.90 Å². The van der Waals surface area contributed by atoms with Crippen LogP contribution in [0.4, 0.5) is 11.4 Å². The molecule has 9 nitrogen and oxygen atoms in total. The molecule has 148 valence electrons. The van der Waals surface area contributed by atoms with Crippen molar-refractivity contribution in [2.24, 2.45) is 5.73 Å². The molecule has 0 bridgehead atoms. The number of anilines is 1. The van der Waals surface area contributed by atoms with Gasteiger partial charge in [0.05, 0.1) is 4.92 Å². The topological polar surface area (TPSA) is 120 Å². The molecule has 1 amide bonds. The number of carbonyl (C=O) groups is 1. The van der Waals surface area contributed by atoms with Crippen molar-refractivity contribution >= 4 is 17.3 Å². The van der Waals surface area contributed by atoms with Gasteiger partial charge in [-0.15, -0.1) is 10.2 Å². The summed E-state index contributed by atoms with van der Waals surface area (Å²) < 4.78 is 2.26. The number of rotatable bonds is 4. The van der Waals surface area contributed by atoms with E-state index in [-0.39, 0.29) is 17.2 Å². The molecule has 0 aliphatic carbocycles. The third kappa shape index (κ3) is 3.44. The zero-order valence-electron chi connectivity index (χ0n) is 15.7. The summed E-state index contributed by atoms with van der Waals surface area (Å²) in [4.78, 5) is 24.6. The monoisotopic (exact) mass is 384 g/mol. The van der Waals surface area contributed by atoms with Gasteiger partial charge in [0, 0.05) is 43.6 Å². The first-order valence-corrected chi connectivity index (χ1v) is 9.80. The number of benzene rings is 1. The number of aryl methyl sites for hydroxylation is 1. The largest absolute Gasteiger partial charge is 0.366 e. The van der Waals surface area contributed by atoms with Crippen LogP contribution in [-0.4, -0.2) is 38.7 Å². The van der Waals surface area contributed by atoms with Crippen LogP contribution in [0.15, 0.2) is 18.2 Å². The maximum Gasteiger partial charge on any atom is 0.293 e. The molecule has 1 unspecified atom stereocenters. The smallest absolute Gasteiger partial charge is 0.293 e. The Morgan fingerprint density at radius 1 is 1.18 bits per heavy atom. The van der Waals surface area contributed by atoms with Crippen LogP contribution >= 0.6 is 0 Å². The number of aromatic nitrogens is 3. The number of nitrogens with zero attached hydrogens (tertiary/aromatic N) is 5. The van der Waals surface area contributed by atoms with Crippen LogP contribution in [0.3, 0.4) is 0 Å². The third-order valence-electron chi connectivity index (χ3n) is 5.72. The number of carbonyl (C=O) groups excluding carboxylic acids is 1. The van der Waals surface area contributed by atoms with E-state index in [9.17, 15) is 14.9 Å². The predicted octanol–water partition coefficient (Wildman–Crippen LogP) is 2.40. The standard InChI is InChI=1S/C19H24N6O3/c20-18(26)13-7-8-15(16(11-13)25(27)28)23-9-4-5-14(12-23)19-22-21-17-6-2-1-3-10-24(17)19/h7-8,11,14H,1-6,9-10,12H2,(H2,20,26). The second kappa shape index (κ2) is 7.57. The van der Waals surface area contributed by atoms with Crippen molar-refractivity contribution in [3.05, 3.63) is 45.5 Å². The van der Waals surface area contributed by atoms with Crippen molar-refractivity contribution in [3.8, 4) is 0 Å². The fraction of sp³-hybridized carbons (Fsp3) is 0.526. The van der Waals surface area contributed by atoms with Gasteiger partial charge in [-0.05, 0) is 37.8 Å². The second-order valence-corrected chi connectivity index (χ2v) is 7.55. The van der Waals surface area contributed by atoms with Crippen LogP contribution in [0.2, 0.25) is 0 Å². The van der Waals surface area contributed by atoms with Crippen LogP contribution in [0.5, 0.6) is 0 Å². The lowest BCUT2D eigenvalue weighted by Gasteiger charge is -2.33. The molecular formula is C19H24N6O3. The summed E-state index contributed by atoms with van der Waals surface area (Å²) in [7, 11) is 0. The maximum absolute atomic E-state index is 11.6. The molecule has 1 fully saturated rings. The average Bonchev–Trinajstić information content (AvgIpc) is 2.96. The summed E-state index contributed by atoms with van der Waals surface area (Å²) in [6.07, 6.45) is 6.35. The quantitative estimate of drug-likeness (QED) is 0.638. The van der Waals surface area contributed by atoms with E-state index in [1.165, 1.54) is 12.5 Å². The number of primary amides is 1. The third-order valence-corrected chi connectivity index (χ3v) is 5.72. The molecule has 4 rings (SSSR count). The minimum atomic E-state index is -0.669. The van der Waals surface area contributed by atoms with E-state index in [0.717, 1.165) is 56.8 Å². The van der Waals surface area contributed by atoms with Crippen molar-refractivity contribution in [2.75, 3.05) is 18.0 Å². The molecule has 2 aliphatic heterocycles. The molecule has 0 saturated carbocycles. The Bertz CT molecular complexity index is 909. The zero-order chi connectivity index (χ0) is 19.7. The minimum absolute atomic E-state index is 0.0861. The Labute approximate surface area is 162 Å². The van der Waals surface area contributed by atoms with Gasteiger partial charge >= 0.3 is 0 Å². The summed E-state index contributed by atoms with van der Waals surface area (Å²) in [6.45, 7) is 2.32. The molecule has 2 N–H and O–H groups in total. The summed E-state index contributed by atoms with van der Waals surface area (Å²) in [5.74, 6) is 1.57. The van der Waals surface area contributed by atoms with Crippen molar-refractivity contribution in [1.29, 1.82) is 0 Å². The van der Waals surface area contributed by atoms with E-state index >= 15 is 0 Å². The molecule has 28 heavy (non-hydrogen) atoms. The van der Waals surface area contributed by atoms with Crippen molar-refractivity contribution in [3.63, 3.8) is 0 Å². The van der Waals surface area contributed by atoms with Gasteiger partial charge in [-0.1, -0.05) is 6.42 Å². The fourth-order valence-electron chi connectivity index (χ4n) is 4.31. The lowest BCUT2D eigenvalue weighted by molar-refractivity contribution is -0.384. The first-order chi connectivity index (χ1) is 13.5. The number of amides is 1. The summed E-state index contributed by atoms with van der Waals surface area (Å²) in [5.41, 5.74) is 5.86. The predicted molar refractivity (Wildman–Crippen MR) is 103 cm³/mol. The number of nitro benzene ring substituents is 1. The molecule has 0 spiro atoms. The van der Waals surface area contributed by atoms with E-state index in [2.05, 4.69) is 14.8 Å². The van der Waals surface area contributed by atoms with Gasteiger partial charge in [0.1, 0.15) is 17.3 Å². The van der Waals surface area contributed by atoms with Gasteiger partial charge in [-0.2, -0.15) is 0 Å². The SMILES string of the molecule is NC(=O)c1ccc(N2CCCC(c3nnc4n3CCCCC4)C2)c([N+](=O)[O-])c1. The lowest BCUT2D eigenvalue weighted by Crippen LogP contribution is -2.36. The molecule has 2 aliphatic rings. The van der Waals surface area contributed by atoms with Gasteiger partial charge in [0.15, 0.2) is 0 Å². The Kier molecular flexibility index (Phi) is 4.97. The highest BCUT2D eigenvalue weighted by atomic mass is 16.6. The second-order valence-electron chi connectivity index (χ2n) is 7.55. The molecular weight excluding hydrogens is 360 g/mol. The van der Waals surface area contributed by atoms with Crippen LogP contribution in [0, 0.1) is 10.1 Å².